The summed E-state index contributed by atoms with van der Waals surface area (Å²) < 4.78 is 2.12. The van der Waals surface area contributed by atoms with Gasteiger partial charge in [-0.15, -0.1) is 10.2 Å². The molecule has 0 aliphatic heterocycles. The summed E-state index contributed by atoms with van der Waals surface area (Å²) in [6.07, 6.45) is 4.08. The van der Waals surface area contributed by atoms with Crippen molar-refractivity contribution in [3.8, 4) is 0 Å². The Bertz CT molecular complexity index is 296. The Balaban J connectivity index is 2.55. The summed E-state index contributed by atoms with van der Waals surface area (Å²) in [6, 6.07) is 0. The van der Waals surface area contributed by atoms with Gasteiger partial charge in [-0.1, -0.05) is 27.7 Å². The number of aryl methyl sites for hydroxylation is 1. The predicted octanol–water partition coefficient (Wildman–Crippen LogP) is 2.91. The second-order valence-electron chi connectivity index (χ2n) is 5.61. The van der Waals surface area contributed by atoms with Gasteiger partial charge in [0.05, 0.1) is 0 Å². The Morgan fingerprint density at radius 2 is 2.07 bits per heavy atom. The zero-order valence-corrected chi connectivity index (χ0v) is 10.6. The largest absolute Gasteiger partial charge is 0.318 e. The molecule has 0 radical (unpaired) electrons. The summed E-state index contributed by atoms with van der Waals surface area (Å²) in [5, 5.41) is 8.13. The molecule has 3 nitrogen and oxygen atoms in total. The second-order valence-corrected chi connectivity index (χ2v) is 5.61. The smallest absolute Gasteiger partial charge is 0.133 e. The van der Waals surface area contributed by atoms with Crippen molar-refractivity contribution in [2.45, 2.75) is 54.0 Å². The molecule has 1 rings (SSSR count). The maximum Gasteiger partial charge on any atom is 0.133 e. The van der Waals surface area contributed by atoms with Crippen LogP contribution in [0.2, 0.25) is 0 Å². The van der Waals surface area contributed by atoms with Crippen molar-refractivity contribution in [3.63, 3.8) is 0 Å². The molecule has 0 aliphatic carbocycles. The summed E-state index contributed by atoms with van der Waals surface area (Å²) in [4.78, 5) is 0. The first-order valence-corrected chi connectivity index (χ1v) is 5.79. The van der Waals surface area contributed by atoms with Crippen molar-refractivity contribution in [1.82, 2.24) is 14.8 Å². The maximum atomic E-state index is 4.17. The van der Waals surface area contributed by atoms with Crippen LogP contribution in [0.25, 0.3) is 0 Å². The maximum absolute atomic E-state index is 4.17. The van der Waals surface area contributed by atoms with Crippen LogP contribution in [0.4, 0.5) is 0 Å². The van der Waals surface area contributed by atoms with Gasteiger partial charge in [-0.3, -0.25) is 0 Å². The Morgan fingerprint density at radius 1 is 1.40 bits per heavy atom. The minimum Gasteiger partial charge on any atom is -0.318 e. The van der Waals surface area contributed by atoms with Crippen LogP contribution in [-0.4, -0.2) is 14.8 Å². The normalized spacial score (nSPS) is 14.2. The predicted molar refractivity (Wildman–Crippen MR) is 62.6 cm³/mol. The van der Waals surface area contributed by atoms with Gasteiger partial charge in [-0.2, -0.15) is 0 Å². The molecular weight excluding hydrogens is 186 g/mol. The van der Waals surface area contributed by atoms with E-state index in [1.807, 2.05) is 6.33 Å². The van der Waals surface area contributed by atoms with Gasteiger partial charge < -0.3 is 4.57 Å². The summed E-state index contributed by atoms with van der Waals surface area (Å²) in [6.45, 7) is 12.2. The standard InChI is InChI=1S/C12H23N3/c1-6-15-9-13-14-11(15)7-10(2)8-12(3,4)5/h9-10H,6-8H2,1-5H3. The van der Waals surface area contributed by atoms with Crippen LogP contribution >= 0.6 is 0 Å². The zero-order chi connectivity index (χ0) is 11.5. The SMILES string of the molecule is CCn1cnnc1CC(C)CC(C)(C)C. The summed E-state index contributed by atoms with van der Waals surface area (Å²) in [5.74, 6) is 1.79. The highest BCUT2D eigenvalue weighted by molar-refractivity contribution is 4.88. The van der Waals surface area contributed by atoms with Crippen LogP contribution in [0, 0.1) is 11.3 Å². The molecule has 0 bridgehead atoms. The van der Waals surface area contributed by atoms with E-state index >= 15 is 0 Å². The van der Waals surface area contributed by atoms with Crippen molar-refractivity contribution >= 4 is 0 Å². The molecule has 1 atom stereocenters. The van der Waals surface area contributed by atoms with Crippen molar-refractivity contribution in [2.24, 2.45) is 11.3 Å². The number of rotatable bonds is 4. The molecule has 15 heavy (non-hydrogen) atoms. The van der Waals surface area contributed by atoms with Gasteiger partial charge in [0.1, 0.15) is 12.2 Å². The molecule has 86 valence electrons. The summed E-state index contributed by atoms with van der Waals surface area (Å²) >= 11 is 0. The highest BCUT2D eigenvalue weighted by Crippen LogP contribution is 2.25. The minimum atomic E-state index is 0.399. The first kappa shape index (κ1) is 12.2. The summed E-state index contributed by atoms with van der Waals surface area (Å²) in [7, 11) is 0. The van der Waals surface area contributed by atoms with Gasteiger partial charge >= 0.3 is 0 Å². The molecule has 0 saturated carbocycles. The molecule has 3 heteroatoms. The lowest BCUT2D eigenvalue weighted by Crippen LogP contribution is -2.15. The number of hydrogen-bond donors (Lipinski definition) is 0. The Labute approximate surface area is 92.9 Å². The minimum absolute atomic E-state index is 0.399. The molecule has 0 aliphatic rings. The second kappa shape index (κ2) is 4.77. The Hall–Kier alpha value is -0.860. The molecule has 0 saturated heterocycles. The van der Waals surface area contributed by atoms with Gasteiger partial charge in [-0.25, -0.2) is 0 Å². The van der Waals surface area contributed by atoms with Crippen molar-refractivity contribution in [1.29, 1.82) is 0 Å². The van der Waals surface area contributed by atoms with Crippen molar-refractivity contribution in [2.75, 3.05) is 0 Å². The fourth-order valence-corrected chi connectivity index (χ4v) is 2.13. The fraction of sp³-hybridized carbons (Fsp3) is 0.833. The van der Waals surface area contributed by atoms with Gasteiger partial charge in [0, 0.05) is 13.0 Å². The van der Waals surface area contributed by atoms with E-state index < -0.39 is 0 Å². The molecule has 1 unspecified atom stereocenters. The number of aromatic nitrogens is 3. The first-order valence-electron chi connectivity index (χ1n) is 5.79. The van der Waals surface area contributed by atoms with Gasteiger partial charge in [0.15, 0.2) is 0 Å². The fourth-order valence-electron chi connectivity index (χ4n) is 2.13. The topological polar surface area (TPSA) is 30.7 Å². The van der Waals surface area contributed by atoms with Gasteiger partial charge in [0.25, 0.3) is 0 Å². The summed E-state index contributed by atoms with van der Waals surface area (Å²) in [5.41, 5.74) is 0.399. The lowest BCUT2D eigenvalue weighted by molar-refractivity contribution is 0.302. The first-order chi connectivity index (χ1) is 6.92. The van der Waals surface area contributed by atoms with E-state index in [0.29, 0.717) is 11.3 Å². The molecule has 1 aromatic rings. The highest BCUT2D eigenvalue weighted by atomic mass is 15.3. The molecule has 0 N–H and O–H groups in total. The lowest BCUT2D eigenvalue weighted by Gasteiger charge is -2.22. The molecule has 1 aromatic heterocycles. The quantitative estimate of drug-likeness (QED) is 0.763. The average Bonchev–Trinajstić information content (AvgIpc) is 2.48. The van der Waals surface area contributed by atoms with Crippen LogP contribution < -0.4 is 0 Å². The van der Waals surface area contributed by atoms with Crippen molar-refractivity contribution < 1.29 is 0 Å². The number of hydrogen-bond acceptors (Lipinski definition) is 2. The van der Waals surface area contributed by atoms with E-state index in [9.17, 15) is 0 Å². The van der Waals surface area contributed by atoms with Crippen LogP contribution in [0.15, 0.2) is 6.33 Å². The molecule has 0 spiro atoms. The Morgan fingerprint density at radius 3 is 2.60 bits per heavy atom. The van der Waals surface area contributed by atoms with E-state index in [-0.39, 0.29) is 0 Å². The van der Waals surface area contributed by atoms with Crippen LogP contribution in [0.1, 0.15) is 46.9 Å². The zero-order valence-electron chi connectivity index (χ0n) is 10.6. The van der Waals surface area contributed by atoms with Gasteiger partial charge in [0.2, 0.25) is 0 Å². The Kier molecular flexibility index (Phi) is 3.89. The van der Waals surface area contributed by atoms with Crippen molar-refractivity contribution in [3.05, 3.63) is 12.2 Å². The molecule has 1 heterocycles. The lowest BCUT2D eigenvalue weighted by atomic mass is 9.84. The van der Waals surface area contributed by atoms with E-state index in [1.165, 1.54) is 6.42 Å². The molecule has 0 aromatic carbocycles. The van der Waals surface area contributed by atoms with Crippen LogP contribution in [0.5, 0.6) is 0 Å². The average molecular weight is 209 g/mol. The third kappa shape index (κ3) is 4.02. The van der Waals surface area contributed by atoms with E-state index in [0.717, 1.165) is 18.8 Å². The molecular formula is C12H23N3. The third-order valence-corrected chi connectivity index (χ3v) is 2.53. The molecule has 0 fully saturated rings. The van der Waals surface area contributed by atoms with E-state index in [1.54, 1.807) is 0 Å². The van der Waals surface area contributed by atoms with Gasteiger partial charge in [-0.05, 0) is 24.7 Å². The van der Waals surface area contributed by atoms with E-state index in [2.05, 4.69) is 49.4 Å². The van der Waals surface area contributed by atoms with Crippen LogP contribution in [0.3, 0.4) is 0 Å². The van der Waals surface area contributed by atoms with E-state index in [4.69, 9.17) is 0 Å². The number of nitrogens with zero attached hydrogens (tertiary/aromatic N) is 3. The monoisotopic (exact) mass is 209 g/mol. The third-order valence-electron chi connectivity index (χ3n) is 2.53. The highest BCUT2D eigenvalue weighted by Gasteiger charge is 2.17. The van der Waals surface area contributed by atoms with Crippen LogP contribution in [-0.2, 0) is 13.0 Å². The molecule has 0 amide bonds.